The molecule has 0 aromatic carbocycles. The Bertz CT molecular complexity index is 618. The number of hydrogen-bond acceptors (Lipinski definition) is 4. The molecular weight excluding hydrogens is 330 g/mol. The Morgan fingerprint density at radius 3 is 2.84 bits per heavy atom. The highest BCUT2D eigenvalue weighted by Crippen LogP contribution is 2.41. The Hall–Kier alpha value is -1.54. The lowest BCUT2D eigenvalue weighted by Gasteiger charge is -2.41. The molecule has 1 N–H and O–H groups in total. The number of rotatable bonds is 6. The van der Waals surface area contributed by atoms with Crippen LogP contribution in [0.3, 0.4) is 0 Å². The number of aryl methyl sites for hydroxylation is 1. The van der Waals surface area contributed by atoms with Crippen molar-refractivity contribution in [1.82, 2.24) is 19.6 Å². The molecule has 1 saturated heterocycles. The minimum atomic E-state index is -1.61. The van der Waals surface area contributed by atoms with Crippen molar-refractivity contribution < 1.29 is 18.7 Å². The monoisotopic (exact) mass is 356 g/mol. The molecule has 0 unspecified atom stereocenters. The zero-order valence-electron chi connectivity index (χ0n) is 14.7. The Morgan fingerprint density at radius 2 is 2.24 bits per heavy atom. The number of likely N-dealkylation sites (N-methyl/N-ethyl adjacent to an activating group) is 1. The van der Waals surface area contributed by atoms with Crippen molar-refractivity contribution >= 4 is 5.91 Å². The third-order valence-electron chi connectivity index (χ3n) is 5.34. The molecular formula is C17H26F2N4O2. The molecule has 0 spiro atoms. The highest BCUT2D eigenvalue weighted by Gasteiger charge is 2.48. The van der Waals surface area contributed by atoms with E-state index in [-0.39, 0.29) is 30.7 Å². The van der Waals surface area contributed by atoms with Crippen LogP contribution in [0.5, 0.6) is 0 Å². The molecule has 1 aromatic heterocycles. The maximum atomic E-state index is 13.9. The molecule has 0 bridgehead atoms. The van der Waals surface area contributed by atoms with E-state index in [4.69, 9.17) is 5.11 Å². The van der Waals surface area contributed by atoms with Gasteiger partial charge in [-0.3, -0.25) is 14.4 Å². The third-order valence-corrected chi connectivity index (χ3v) is 5.34. The van der Waals surface area contributed by atoms with Crippen LogP contribution in [-0.2, 0) is 18.4 Å². The summed E-state index contributed by atoms with van der Waals surface area (Å²) in [5, 5.41) is 13.1. The number of aliphatic hydroxyl groups excluding tert-OH is 1. The number of carbonyl (C=O) groups is 1. The molecule has 25 heavy (non-hydrogen) atoms. The number of likely N-dealkylation sites (tertiary alicyclic amines) is 1. The van der Waals surface area contributed by atoms with Gasteiger partial charge in [-0.2, -0.15) is 5.10 Å². The number of hydrogen-bond donors (Lipinski definition) is 1. The summed E-state index contributed by atoms with van der Waals surface area (Å²) in [4.78, 5) is 16.0. The Labute approximate surface area is 146 Å². The molecule has 1 saturated carbocycles. The molecule has 1 aliphatic carbocycles. The van der Waals surface area contributed by atoms with Crippen LogP contribution in [0.1, 0.15) is 24.8 Å². The quantitative estimate of drug-likeness (QED) is 0.823. The van der Waals surface area contributed by atoms with E-state index in [0.29, 0.717) is 26.1 Å². The molecule has 1 aliphatic heterocycles. The van der Waals surface area contributed by atoms with Crippen molar-refractivity contribution in [2.75, 3.05) is 26.7 Å². The predicted octanol–water partition coefficient (Wildman–Crippen LogP) is 0.901. The zero-order chi connectivity index (χ0) is 18.2. The first-order valence-corrected chi connectivity index (χ1v) is 8.70. The van der Waals surface area contributed by atoms with Gasteiger partial charge >= 0.3 is 0 Å². The maximum Gasteiger partial charge on any atom is 0.225 e. The van der Waals surface area contributed by atoms with E-state index in [1.165, 1.54) is 0 Å². The van der Waals surface area contributed by atoms with Gasteiger partial charge in [0.2, 0.25) is 5.91 Å². The number of halogens is 2. The van der Waals surface area contributed by atoms with Crippen molar-refractivity contribution in [3.05, 3.63) is 18.0 Å². The summed E-state index contributed by atoms with van der Waals surface area (Å²) in [6.07, 6.45) is 3.31. The third kappa shape index (κ3) is 4.00. The maximum absolute atomic E-state index is 13.9. The lowest BCUT2D eigenvalue weighted by molar-refractivity contribution is -0.146. The first-order valence-electron chi connectivity index (χ1n) is 8.70. The van der Waals surface area contributed by atoms with Gasteiger partial charge in [0.15, 0.2) is 0 Å². The first kappa shape index (κ1) is 18.3. The van der Waals surface area contributed by atoms with Crippen LogP contribution in [0.2, 0.25) is 0 Å². The molecule has 3 rings (SSSR count). The summed E-state index contributed by atoms with van der Waals surface area (Å²) >= 11 is 0. The topological polar surface area (TPSA) is 61.6 Å². The highest BCUT2D eigenvalue weighted by atomic mass is 19.1. The van der Waals surface area contributed by atoms with Gasteiger partial charge in [0.25, 0.3) is 0 Å². The largest absolute Gasteiger partial charge is 0.393 e. The van der Waals surface area contributed by atoms with Gasteiger partial charge in [-0.05, 0) is 19.3 Å². The lowest BCUT2D eigenvalue weighted by atomic mass is 9.72. The summed E-state index contributed by atoms with van der Waals surface area (Å²) in [6.45, 7) is 0.839. The van der Waals surface area contributed by atoms with Crippen LogP contribution < -0.4 is 0 Å². The number of amides is 1. The van der Waals surface area contributed by atoms with Gasteiger partial charge in [0.1, 0.15) is 11.8 Å². The fraction of sp³-hybridized carbons (Fsp3) is 0.765. The van der Waals surface area contributed by atoms with Crippen molar-refractivity contribution in [3.8, 4) is 0 Å². The number of carbonyl (C=O) groups excluding carboxylic acids is 1. The minimum Gasteiger partial charge on any atom is -0.393 e. The van der Waals surface area contributed by atoms with E-state index < -0.39 is 18.4 Å². The fourth-order valence-electron chi connectivity index (χ4n) is 3.94. The van der Waals surface area contributed by atoms with Gasteiger partial charge in [0.05, 0.1) is 12.8 Å². The predicted molar refractivity (Wildman–Crippen MR) is 88.2 cm³/mol. The van der Waals surface area contributed by atoms with Crippen molar-refractivity contribution in [3.63, 3.8) is 0 Å². The van der Waals surface area contributed by atoms with E-state index >= 15 is 0 Å². The van der Waals surface area contributed by atoms with Gasteiger partial charge < -0.3 is 10.0 Å². The Morgan fingerprint density at radius 1 is 1.52 bits per heavy atom. The Balaban J connectivity index is 1.55. The fourth-order valence-corrected chi connectivity index (χ4v) is 3.94. The molecule has 140 valence electrons. The van der Waals surface area contributed by atoms with E-state index in [2.05, 4.69) is 5.10 Å². The van der Waals surface area contributed by atoms with Crippen LogP contribution in [0.25, 0.3) is 0 Å². The van der Waals surface area contributed by atoms with Crippen LogP contribution in [0, 0.1) is 5.92 Å². The van der Waals surface area contributed by atoms with Gasteiger partial charge in [-0.25, -0.2) is 8.78 Å². The summed E-state index contributed by atoms with van der Waals surface area (Å²) in [5.41, 5.74) is -0.593. The SMILES string of the molecule is CN(C[C@@H]1C[C@H](F)CN1Cc1cnn(C)c1)C(=O)C1CC(F)(CO)C1. The summed E-state index contributed by atoms with van der Waals surface area (Å²) in [6, 6.07) is -0.0581. The van der Waals surface area contributed by atoms with E-state index in [0.717, 1.165) is 5.56 Å². The summed E-state index contributed by atoms with van der Waals surface area (Å²) in [5.74, 6) is -0.498. The molecule has 1 amide bonds. The van der Waals surface area contributed by atoms with Crippen molar-refractivity contribution in [1.29, 1.82) is 0 Å². The second-order valence-electron chi connectivity index (χ2n) is 7.57. The highest BCUT2D eigenvalue weighted by molar-refractivity contribution is 5.80. The normalized spacial score (nSPS) is 32.6. The van der Waals surface area contributed by atoms with E-state index in [1.54, 1.807) is 22.8 Å². The van der Waals surface area contributed by atoms with Crippen molar-refractivity contribution in [2.24, 2.45) is 13.0 Å². The van der Waals surface area contributed by atoms with Crippen LogP contribution in [-0.4, -0.2) is 75.2 Å². The number of alkyl halides is 2. The number of nitrogens with zero attached hydrogens (tertiary/aromatic N) is 4. The minimum absolute atomic E-state index is 0.0581. The van der Waals surface area contributed by atoms with Gasteiger partial charge in [0, 0.05) is 57.4 Å². The van der Waals surface area contributed by atoms with Crippen LogP contribution >= 0.6 is 0 Å². The standard InChI is InChI=1S/C17H26F2N4O2/c1-21(16(25)13-4-17(19,5-13)11-24)10-15-3-14(18)9-23(15)8-12-6-20-22(2)7-12/h6-7,13-15,24H,3-5,8-11H2,1-2H3/t13?,14-,15-,17?/m0/s1. The number of aromatic nitrogens is 2. The molecule has 0 radical (unpaired) electrons. The number of aliphatic hydroxyl groups is 1. The summed E-state index contributed by atoms with van der Waals surface area (Å²) in [7, 11) is 3.53. The second-order valence-corrected chi connectivity index (χ2v) is 7.57. The molecule has 2 fully saturated rings. The van der Waals surface area contributed by atoms with Crippen molar-refractivity contribution in [2.45, 2.75) is 43.7 Å². The Kier molecular flexibility index (Phi) is 5.11. The van der Waals surface area contributed by atoms with Gasteiger partial charge in [-0.15, -0.1) is 0 Å². The average molecular weight is 356 g/mol. The second kappa shape index (κ2) is 6.99. The zero-order valence-corrected chi connectivity index (χ0v) is 14.7. The van der Waals surface area contributed by atoms with Crippen LogP contribution in [0.15, 0.2) is 12.4 Å². The molecule has 1 aromatic rings. The van der Waals surface area contributed by atoms with Gasteiger partial charge in [-0.1, -0.05) is 0 Å². The smallest absolute Gasteiger partial charge is 0.225 e. The first-order chi connectivity index (χ1) is 11.8. The van der Waals surface area contributed by atoms with Crippen LogP contribution in [0.4, 0.5) is 8.78 Å². The average Bonchev–Trinajstić information content (AvgIpc) is 3.09. The molecule has 8 heteroatoms. The molecule has 6 nitrogen and oxygen atoms in total. The molecule has 2 heterocycles. The lowest BCUT2D eigenvalue weighted by Crippen LogP contribution is -2.51. The molecule has 2 atom stereocenters. The van der Waals surface area contributed by atoms with E-state index in [1.807, 2.05) is 18.1 Å². The molecule has 2 aliphatic rings. The van der Waals surface area contributed by atoms with E-state index in [9.17, 15) is 13.6 Å². The summed E-state index contributed by atoms with van der Waals surface area (Å²) < 4.78 is 29.4.